The lowest BCUT2D eigenvalue weighted by Gasteiger charge is -2.17. The summed E-state index contributed by atoms with van der Waals surface area (Å²) in [6.07, 6.45) is 3.62. The van der Waals surface area contributed by atoms with Crippen molar-refractivity contribution in [3.63, 3.8) is 0 Å². The number of aryl methyl sites for hydroxylation is 1. The Labute approximate surface area is 97.5 Å². The molecule has 0 radical (unpaired) electrons. The van der Waals surface area contributed by atoms with Crippen LogP contribution in [0.3, 0.4) is 0 Å². The normalized spacial score (nSPS) is 12.2. The van der Waals surface area contributed by atoms with E-state index in [0.29, 0.717) is 0 Å². The van der Waals surface area contributed by atoms with Gasteiger partial charge in [0.25, 0.3) is 0 Å². The van der Waals surface area contributed by atoms with Crippen molar-refractivity contribution >= 4 is 0 Å². The van der Waals surface area contributed by atoms with Gasteiger partial charge in [-0.3, -0.25) is 0 Å². The zero-order valence-corrected chi connectivity index (χ0v) is 10.1. The summed E-state index contributed by atoms with van der Waals surface area (Å²) in [5.41, 5.74) is 2.70. The lowest BCUT2D eigenvalue weighted by molar-refractivity contribution is 0.583. The van der Waals surface area contributed by atoms with Crippen LogP contribution in [0.15, 0.2) is 43.0 Å². The van der Waals surface area contributed by atoms with E-state index in [1.165, 1.54) is 0 Å². The summed E-state index contributed by atoms with van der Waals surface area (Å²) in [5.74, 6) is -0.0318. The van der Waals surface area contributed by atoms with Gasteiger partial charge in [-0.05, 0) is 43.9 Å². The number of rotatable bonds is 5. The smallest absolute Gasteiger partial charge is 0.127 e. The minimum Gasteiger partial charge on any atom is -0.207 e. The summed E-state index contributed by atoms with van der Waals surface area (Å²) in [6.45, 7) is 11.5. The first-order valence-corrected chi connectivity index (χ1v) is 5.58. The fraction of sp³-hybridized carbons (Fsp3) is 0.333. The van der Waals surface area contributed by atoms with Crippen LogP contribution in [0, 0.1) is 12.7 Å². The first-order chi connectivity index (χ1) is 7.56. The van der Waals surface area contributed by atoms with Gasteiger partial charge < -0.3 is 0 Å². The van der Waals surface area contributed by atoms with Gasteiger partial charge in [-0.25, -0.2) is 4.39 Å². The highest BCUT2D eigenvalue weighted by atomic mass is 19.1. The molecule has 16 heavy (non-hydrogen) atoms. The minimum absolute atomic E-state index is 0.0959. The van der Waals surface area contributed by atoms with Crippen LogP contribution in [-0.2, 0) is 0 Å². The third-order valence-electron chi connectivity index (χ3n) is 2.79. The second-order valence-electron chi connectivity index (χ2n) is 4.29. The van der Waals surface area contributed by atoms with Crippen LogP contribution in [0.1, 0.15) is 36.8 Å². The van der Waals surface area contributed by atoms with Gasteiger partial charge in [-0.1, -0.05) is 30.4 Å². The third kappa shape index (κ3) is 3.06. The van der Waals surface area contributed by atoms with Crippen LogP contribution in [0.4, 0.5) is 4.39 Å². The van der Waals surface area contributed by atoms with Crippen LogP contribution in [-0.4, -0.2) is 0 Å². The quantitative estimate of drug-likeness (QED) is 0.625. The number of hydrogen-bond acceptors (Lipinski definition) is 0. The molecule has 0 aliphatic heterocycles. The largest absolute Gasteiger partial charge is 0.207 e. The standard InChI is InChI=1S/C15H19F/c1-5-6-7-13(11(2)3)14-9-8-12(4)10-15(14)16/h5,8-10,13H,1-2,6-7H2,3-4H3. The summed E-state index contributed by atoms with van der Waals surface area (Å²) < 4.78 is 13.8. The maximum absolute atomic E-state index is 13.8. The molecule has 0 fully saturated rings. The molecule has 1 heteroatoms. The molecule has 0 saturated carbocycles. The van der Waals surface area contributed by atoms with Crippen molar-refractivity contribution in [2.45, 2.75) is 32.6 Å². The fourth-order valence-electron chi connectivity index (χ4n) is 1.87. The maximum atomic E-state index is 13.8. The number of hydrogen-bond donors (Lipinski definition) is 0. The van der Waals surface area contributed by atoms with Gasteiger partial charge >= 0.3 is 0 Å². The van der Waals surface area contributed by atoms with E-state index >= 15 is 0 Å². The Morgan fingerprint density at radius 1 is 1.50 bits per heavy atom. The molecule has 0 nitrogen and oxygen atoms in total. The molecule has 0 heterocycles. The predicted octanol–water partition coefficient (Wildman–Crippen LogP) is 4.76. The van der Waals surface area contributed by atoms with Crippen LogP contribution < -0.4 is 0 Å². The van der Waals surface area contributed by atoms with Crippen molar-refractivity contribution < 1.29 is 4.39 Å². The molecular weight excluding hydrogens is 199 g/mol. The van der Waals surface area contributed by atoms with Gasteiger partial charge in [0.2, 0.25) is 0 Å². The molecule has 0 N–H and O–H groups in total. The van der Waals surface area contributed by atoms with E-state index in [2.05, 4.69) is 13.2 Å². The Bertz CT molecular complexity index is 390. The first-order valence-electron chi connectivity index (χ1n) is 5.58. The molecule has 0 aromatic heterocycles. The monoisotopic (exact) mass is 218 g/mol. The van der Waals surface area contributed by atoms with Crippen LogP contribution in [0.5, 0.6) is 0 Å². The topological polar surface area (TPSA) is 0 Å². The van der Waals surface area contributed by atoms with E-state index in [4.69, 9.17) is 0 Å². The first kappa shape index (κ1) is 12.7. The van der Waals surface area contributed by atoms with Gasteiger partial charge in [-0.15, -0.1) is 6.58 Å². The highest BCUT2D eigenvalue weighted by molar-refractivity contribution is 5.31. The number of benzene rings is 1. The molecule has 0 saturated heterocycles. The molecule has 1 atom stereocenters. The SMILES string of the molecule is C=CCCC(C(=C)C)c1ccc(C)cc1F. The molecule has 0 spiro atoms. The minimum atomic E-state index is -0.128. The van der Waals surface area contributed by atoms with Crippen molar-refractivity contribution in [2.75, 3.05) is 0 Å². The molecule has 0 bridgehead atoms. The lowest BCUT2D eigenvalue weighted by Crippen LogP contribution is -2.03. The average molecular weight is 218 g/mol. The average Bonchev–Trinajstić information content (AvgIpc) is 2.20. The molecule has 1 aromatic carbocycles. The van der Waals surface area contributed by atoms with Crippen molar-refractivity contribution in [3.05, 3.63) is 60.0 Å². The molecule has 0 aliphatic rings. The Balaban J connectivity index is 3.00. The van der Waals surface area contributed by atoms with Crippen molar-refractivity contribution in [1.29, 1.82) is 0 Å². The fourth-order valence-corrected chi connectivity index (χ4v) is 1.87. The third-order valence-corrected chi connectivity index (χ3v) is 2.79. The number of allylic oxidation sites excluding steroid dienone is 2. The Morgan fingerprint density at radius 3 is 2.69 bits per heavy atom. The highest BCUT2D eigenvalue weighted by Crippen LogP contribution is 2.30. The second-order valence-corrected chi connectivity index (χ2v) is 4.29. The summed E-state index contributed by atoms with van der Waals surface area (Å²) in [5, 5.41) is 0. The van der Waals surface area contributed by atoms with Gasteiger partial charge in [-0.2, -0.15) is 0 Å². The molecule has 0 amide bonds. The van der Waals surface area contributed by atoms with E-state index in [-0.39, 0.29) is 11.7 Å². The zero-order chi connectivity index (χ0) is 12.1. The van der Waals surface area contributed by atoms with Gasteiger partial charge in [0.1, 0.15) is 5.82 Å². The Hall–Kier alpha value is -1.37. The van der Waals surface area contributed by atoms with Crippen LogP contribution in [0.2, 0.25) is 0 Å². The van der Waals surface area contributed by atoms with Gasteiger partial charge in [0.05, 0.1) is 0 Å². The predicted molar refractivity (Wildman–Crippen MR) is 68.1 cm³/mol. The van der Waals surface area contributed by atoms with Gasteiger partial charge in [0, 0.05) is 5.92 Å². The van der Waals surface area contributed by atoms with Crippen LogP contribution >= 0.6 is 0 Å². The van der Waals surface area contributed by atoms with Crippen LogP contribution in [0.25, 0.3) is 0 Å². The van der Waals surface area contributed by atoms with E-state index in [9.17, 15) is 4.39 Å². The van der Waals surface area contributed by atoms with E-state index in [0.717, 1.165) is 29.5 Å². The highest BCUT2D eigenvalue weighted by Gasteiger charge is 2.15. The van der Waals surface area contributed by atoms with Gasteiger partial charge in [0.15, 0.2) is 0 Å². The number of halogens is 1. The lowest BCUT2D eigenvalue weighted by atomic mass is 9.88. The summed E-state index contributed by atoms with van der Waals surface area (Å²) >= 11 is 0. The second kappa shape index (κ2) is 5.64. The molecule has 1 aromatic rings. The molecular formula is C15H19F. The summed E-state index contributed by atoms with van der Waals surface area (Å²) in [6, 6.07) is 5.40. The molecule has 0 aliphatic carbocycles. The molecule has 1 unspecified atom stereocenters. The van der Waals surface area contributed by atoms with E-state index < -0.39 is 0 Å². The van der Waals surface area contributed by atoms with Crippen molar-refractivity contribution in [3.8, 4) is 0 Å². The van der Waals surface area contributed by atoms with Crippen molar-refractivity contribution in [1.82, 2.24) is 0 Å². The molecule has 86 valence electrons. The Kier molecular flexibility index (Phi) is 4.48. The van der Waals surface area contributed by atoms with Crippen molar-refractivity contribution in [2.24, 2.45) is 0 Å². The van der Waals surface area contributed by atoms with E-state index in [1.807, 2.05) is 32.1 Å². The Morgan fingerprint density at radius 2 is 2.19 bits per heavy atom. The zero-order valence-electron chi connectivity index (χ0n) is 10.1. The van der Waals surface area contributed by atoms with E-state index in [1.54, 1.807) is 6.07 Å². The molecule has 1 rings (SSSR count). The summed E-state index contributed by atoms with van der Waals surface area (Å²) in [4.78, 5) is 0. The summed E-state index contributed by atoms with van der Waals surface area (Å²) in [7, 11) is 0. The maximum Gasteiger partial charge on any atom is 0.127 e.